The Balaban J connectivity index is 3.74. The van der Waals surface area contributed by atoms with Crippen molar-refractivity contribution in [2.75, 3.05) is 13.1 Å². The molecular formula is C11H17N. The summed E-state index contributed by atoms with van der Waals surface area (Å²) in [6.45, 7) is 9.98. The van der Waals surface area contributed by atoms with E-state index in [1.54, 1.807) is 0 Å². The molecule has 0 aromatic carbocycles. The molecule has 0 rings (SSSR count). The third kappa shape index (κ3) is 9.08. The van der Waals surface area contributed by atoms with Crippen LogP contribution >= 0.6 is 0 Å². The molecule has 1 heteroatoms. The second-order valence-corrected chi connectivity index (χ2v) is 3.58. The lowest BCUT2D eigenvalue weighted by Crippen LogP contribution is -2.11. The highest BCUT2D eigenvalue weighted by Crippen LogP contribution is 2.09. The third-order valence-electron chi connectivity index (χ3n) is 1.05. The van der Waals surface area contributed by atoms with E-state index in [1.165, 1.54) is 0 Å². The fraction of sp³-hybridized carbons (Fsp3) is 0.636. The zero-order valence-corrected chi connectivity index (χ0v) is 8.41. The summed E-state index contributed by atoms with van der Waals surface area (Å²) in [6.07, 6.45) is 0. The zero-order chi connectivity index (χ0) is 9.45. The van der Waals surface area contributed by atoms with Gasteiger partial charge in [-0.2, -0.15) is 0 Å². The molecule has 0 saturated heterocycles. The Labute approximate surface area is 75.9 Å². The highest BCUT2D eigenvalue weighted by Gasteiger charge is 2.02. The van der Waals surface area contributed by atoms with Crippen LogP contribution in [0.3, 0.4) is 0 Å². The van der Waals surface area contributed by atoms with Crippen molar-refractivity contribution in [2.45, 2.75) is 27.7 Å². The van der Waals surface area contributed by atoms with E-state index in [0.29, 0.717) is 0 Å². The van der Waals surface area contributed by atoms with Gasteiger partial charge in [-0.15, -0.1) is 0 Å². The third-order valence-corrected chi connectivity index (χ3v) is 1.05. The van der Waals surface area contributed by atoms with Crippen LogP contribution < -0.4 is 5.32 Å². The van der Waals surface area contributed by atoms with Crippen molar-refractivity contribution < 1.29 is 0 Å². The summed E-state index contributed by atoms with van der Waals surface area (Å²) in [6, 6.07) is 0. The van der Waals surface area contributed by atoms with Gasteiger partial charge in [-0.25, -0.2) is 0 Å². The molecule has 0 aliphatic carbocycles. The molecule has 1 N–H and O–H groups in total. The van der Waals surface area contributed by atoms with Crippen LogP contribution in [0.5, 0.6) is 0 Å². The van der Waals surface area contributed by atoms with Crippen LogP contribution in [0.25, 0.3) is 0 Å². The monoisotopic (exact) mass is 163 g/mol. The summed E-state index contributed by atoms with van der Waals surface area (Å²) in [4.78, 5) is 0. The maximum absolute atomic E-state index is 3.10. The maximum atomic E-state index is 3.10. The van der Waals surface area contributed by atoms with Gasteiger partial charge in [0.15, 0.2) is 0 Å². The molecule has 0 unspecified atom stereocenters. The SMILES string of the molecule is CCNCC#CC#CC(C)(C)C. The van der Waals surface area contributed by atoms with Gasteiger partial charge in [-0.1, -0.05) is 18.8 Å². The molecule has 0 spiro atoms. The quantitative estimate of drug-likeness (QED) is 0.482. The van der Waals surface area contributed by atoms with Gasteiger partial charge < -0.3 is 5.32 Å². The second-order valence-electron chi connectivity index (χ2n) is 3.58. The average molecular weight is 163 g/mol. The smallest absolute Gasteiger partial charge is 0.0586 e. The van der Waals surface area contributed by atoms with Gasteiger partial charge in [-0.3, -0.25) is 0 Å². The van der Waals surface area contributed by atoms with Crippen molar-refractivity contribution in [2.24, 2.45) is 5.41 Å². The summed E-state index contributed by atoms with van der Waals surface area (Å²) in [5.74, 6) is 11.6. The van der Waals surface area contributed by atoms with Crippen LogP contribution in [0.1, 0.15) is 27.7 Å². The highest BCUT2D eigenvalue weighted by atomic mass is 14.8. The van der Waals surface area contributed by atoms with Crippen molar-refractivity contribution >= 4 is 0 Å². The van der Waals surface area contributed by atoms with E-state index in [0.717, 1.165) is 13.1 Å². The summed E-state index contributed by atoms with van der Waals surface area (Å²) in [5.41, 5.74) is 0.0624. The maximum Gasteiger partial charge on any atom is 0.0586 e. The molecule has 0 aliphatic rings. The Morgan fingerprint density at radius 2 is 1.83 bits per heavy atom. The minimum absolute atomic E-state index is 0.0624. The molecule has 0 heterocycles. The van der Waals surface area contributed by atoms with Crippen LogP contribution in [-0.4, -0.2) is 13.1 Å². The van der Waals surface area contributed by atoms with E-state index in [-0.39, 0.29) is 5.41 Å². The topological polar surface area (TPSA) is 12.0 Å². The van der Waals surface area contributed by atoms with Gasteiger partial charge >= 0.3 is 0 Å². The molecule has 0 atom stereocenters. The van der Waals surface area contributed by atoms with Gasteiger partial charge in [0.25, 0.3) is 0 Å². The number of nitrogens with one attached hydrogen (secondary N) is 1. The first-order valence-electron chi connectivity index (χ1n) is 4.27. The normalized spacial score (nSPS) is 9.33. The minimum atomic E-state index is 0.0624. The van der Waals surface area contributed by atoms with E-state index < -0.39 is 0 Å². The average Bonchev–Trinajstić information content (AvgIpc) is 1.94. The Kier molecular flexibility index (Phi) is 5.26. The van der Waals surface area contributed by atoms with Crippen LogP contribution in [-0.2, 0) is 0 Å². The number of hydrogen-bond acceptors (Lipinski definition) is 1. The first-order valence-corrected chi connectivity index (χ1v) is 4.27. The molecular weight excluding hydrogens is 146 g/mol. The molecule has 0 aliphatic heterocycles. The van der Waals surface area contributed by atoms with Crippen molar-refractivity contribution in [3.8, 4) is 23.7 Å². The molecule has 66 valence electrons. The fourth-order valence-electron chi connectivity index (χ4n) is 0.495. The molecule has 0 saturated carbocycles. The molecule has 0 fully saturated rings. The van der Waals surface area contributed by atoms with E-state index >= 15 is 0 Å². The standard InChI is InChI=1S/C11H17N/c1-5-12-10-8-6-7-9-11(2,3)4/h12H,5,10H2,1-4H3. The predicted octanol–water partition coefficient (Wildman–Crippen LogP) is 1.65. The number of rotatable bonds is 2. The lowest BCUT2D eigenvalue weighted by Gasteiger charge is -2.05. The Morgan fingerprint density at radius 3 is 2.33 bits per heavy atom. The molecule has 0 aromatic rings. The van der Waals surface area contributed by atoms with Crippen LogP contribution in [0.2, 0.25) is 0 Å². The Hall–Kier alpha value is -0.920. The van der Waals surface area contributed by atoms with Crippen LogP contribution in [0.15, 0.2) is 0 Å². The lowest BCUT2D eigenvalue weighted by atomic mass is 9.98. The fourth-order valence-corrected chi connectivity index (χ4v) is 0.495. The molecule has 12 heavy (non-hydrogen) atoms. The van der Waals surface area contributed by atoms with Crippen molar-refractivity contribution in [3.05, 3.63) is 0 Å². The first-order chi connectivity index (χ1) is 5.56. The minimum Gasteiger partial charge on any atom is -0.306 e. The van der Waals surface area contributed by atoms with E-state index in [2.05, 4.69) is 56.7 Å². The molecule has 0 amide bonds. The summed E-state index contributed by atoms with van der Waals surface area (Å²) < 4.78 is 0. The van der Waals surface area contributed by atoms with E-state index in [1.807, 2.05) is 0 Å². The summed E-state index contributed by atoms with van der Waals surface area (Å²) in [7, 11) is 0. The largest absolute Gasteiger partial charge is 0.306 e. The van der Waals surface area contributed by atoms with Gasteiger partial charge in [0, 0.05) is 5.41 Å². The van der Waals surface area contributed by atoms with Crippen LogP contribution in [0, 0.1) is 29.1 Å². The van der Waals surface area contributed by atoms with Crippen molar-refractivity contribution in [1.29, 1.82) is 0 Å². The van der Waals surface area contributed by atoms with Gasteiger partial charge in [0.1, 0.15) is 0 Å². The van der Waals surface area contributed by atoms with Gasteiger partial charge in [0.2, 0.25) is 0 Å². The van der Waals surface area contributed by atoms with Crippen LogP contribution in [0.4, 0.5) is 0 Å². The second kappa shape index (κ2) is 5.70. The van der Waals surface area contributed by atoms with Crippen molar-refractivity contribution in [3.63, 3.8) is 0 Å². The van der Waals surface area contributed by atoms with Crippen molar-refractivity contribution in [1.82, 2.24) is 5.32 Å². The summed E-state index contributed by atoms with van der Waals surface area (Å²) >= 11 is 0. The lowest BCUT2D eigenvalue weighted by molar-refractivity contribution is 0.571. The van der Waals surface area contributed by atoms with E-state index in [9.17, 15) is 0 Å². The molecule has 0 radical (unpaired) electrons. The van der Waals surface area contributed by atoms with Gasteiger partial charge in [0.05, 0.1) is 6.54 Å². The molecule has 1 nitrogen and oxygen atoms in total. The van der Waals surface area contributed by atoms with Gasteiger partial charge in [-0.05, 0) is 39.2 Å². The molecule has 0 bridgehead atoms. The Morgan fingerprint density at radius 1 is 1.17 bits per heavy atom. The zero-order valence-electron chi connectivity index (χ0n) is 8.41. The first kappa shape index (κ1) is 11.1. The highest BCUT2D eigenvalue weighted by molar-refractivity contribution is 5.28. The predicted molar refractivity (Wildman–Crippen MR) is 53.6 cm³/mol. The Bertz CT molecular complexity index is 224. The van der Waals surface area contributed by atoms with E-state index in [4.69, 9.17) is 0 Å². The summed E-state index contributed by atoms with van der Waals surface area (Å²) in [5, 5.41) is 3.10. The molecule has 0 aromatic heterocycles. The number of hydrogen-bond donors (Lipinski definition) is 1.